The summed E-state index contributed by atoms with van der Waals surface area (Å²) in [5, 5.41) is 0. The Kier molecular flexibility index (Phi) is 5.66. The highest BCUT2D eigenvalue weighted by Gasteiger charge is 2.47. The SMILES string of the molecule is CC(C)c1ccc(C2CC2C(=O)N2CCC(N)C(C)(C)C2)cc1.Cl. The Morgan fingerprint density at radius 3 is 2.42 bits per heavy atom. The molecule has 1 heterocycles. The third-order valence-corrected chi connectivity index (χ3v) is 5.76. The molecule has 0 spiro atoms. The van der Waals surface area contributed by atoms with E-state index in [-0.39, 0.29) is 29.8 Å². The summed E-state index contributed by atoms with van der Waals surface area (Å²) in [6.45, 7) is 10.4. The lowest BCUT2D eigenvalue weighted by Gasteiger charge is -2.42. The van der Waals surface area contributed by atoms with Crippen LogP contribution in [0.15, 0.2) is 24.3 Å². The van der Waals surface area contributed by atoms with Crippen LogP contribution in [0.1, 0.15) is 63.5 Å². The molecular weight excluding hydrogens is 320 g/mol. The summed E-state index contributed by atoms with van der Waals surface area (Å²) in [6.07, 6.45) is 1.92. The highest BCUT2D eigenvalue weighted by molar-refractivity contribution is 5.85. The predicted octanol–water partition coefficient (Wildman–Crippen LogP) is 3.92. The Hall–Kier alpha value is -1.06. The molecule has 0 bridgehead atoms. The molecule has 3 rings (SSSR count). The van der Waals surface area contributed by atoms with Crippen LogP contribution in [-0.4, -0.2) is 29.9 Å². The monoisotopic (exact) mass is 350 g/mol. The molecule has 1 saturated carbocycles. The summed E-state index contributed by atoms with van der Waals surface area (Å²) >= 11 is 0. The van der Waals surface area contributed by atoms with Gasteiger partial charge in [-0.15, -0.1) is 12.4 Å². The number of nitrogens with zero attached hydrogens (tertiary/aromatic N) is 1. The van der Waals surface area contributed by atoms with E-state index in [1.807, 2.05) is 0 Å². The highest BCUT2D eigenvalue weighted by Crippen LogP contribution is 2.49. The second kappa shape index (κ2) is 7.05. The number of likely N-dealkylation sites (tertiary alicyclic amines) is 1. The zero-order valence-electron chi connectivity index (χ0n) is 15.3. The second-order valence-electron chi connectivity index (χ2n) is 8.41. The van der Waals surface area contributed by atoms with Crippen molar-refractivity contribution >= 4 is 18.3 Å². The van der Waals surface area contributed by atoms with Crippen LogP contribution in [0.3, 0.4) is 0 Å². The molecule has 134 valence electrons. The van der Waals surface area contributed by atoms with Gasteiger partial charge in [-0.1, -0.05) is 52.0 Å². The lowest BCUT2D eigenvalue weighted by molar-refractivity contribution is -0.136. The molecule has 1 aliphatic heterocycles. The maximum Gasteiger partial charge on any atom is 0.226 e. The lowest BCUT2D eigenvalue weighted by atomic mass is 9.79. The number of carbonyl (C=O) groups excluding carboxylic acids is 1. The van der Waals surface area contributed by atoms with Gasteiger partial charge in [-0.25, -0.2) is 0 Å². The Balaban J connectivity index is 0.00000208. The summed E-state index contributed by atoms with van der Waals surface area (Å²) < 4.78 is 0. The van der Waals surface area contributed by atoms with Gasteiger partial charge in [-0.2, -0.15) is 0 Å². The molecule has 3 nitrogen and oxygen atoms in total. The van der Waals surface area contributed by atoms with Crippen molar-refractivity contribution in [3.8, 4) is 0 Å². The number of rotatable bonds is 3. The van der Waals surface area contributed by atoms with Crippen LogP contribution in [0.4, 0.5) is 0 Å². The van der Waals surface area contributed by atoms with Crippen LogP contribution in [0.2, 0.25) is 0 Å². The third-order valence-electron chi connectivity index (χ3n) is 5.76. The van der Waals surface area contributed by atoms with E-state index in [2.05, 4.69) is 56.9 Å². The minimum atomic E-state index is 0. The molecule has 4 heteroatoms. The summed E-state index contributed by atoms with van der Waals surface area (Å²) in [4.78, 5) is 14.9. The highest BCUT2D eigenvalue weighted by atomic mass is 35.5. The van der Waals surface area contributed by atoms with Crippen LogP contribution in [0.25, 0.3) is 0 Å². The topological polar surface area (TPSA) is 46.3 Å². The van der Waals surface area contributed by atoms with E-state index in [1.54, 1.807) is 0 Å². The van der Waals surface area contributed by atoms with Gasteiger partial charge in [-0.05, 0) is 41.2 Å². The van der Waals surface area contributed by atoms with E-state index < -0.39 is 0 Å². The van der Waals surface area contributed by atoms with Crippen molar-refractivity contribution in [1.29, 1.82) is 0 Å². The van der Waals surface area contributed by atoms with Crippen molar-refractivity contribution in [1.82, 2.24) is 4.90 Å². The van der Waals surface area contributed by atoms with Gasteiger partial charge in [0.25, 0.3) is 0 Å². The zero-order valence-corrected chi connectivity index (χ0v) is 16.1. The lowest BCUT2D eigenvalue weighted by Crippen LogP contribution is -2.54. The molecule has 1 aromatic rings. The average molecular weight is 351 g/mol. The van der Waals surface area contributed by atoms with Gasteiger partial charge in [-0.3, -0.25) is 4.79 Å². The molecule has 2 aliphatic rings. The summed E-state index contributed by atoms with van der Waals surface area (Å²) in [7, 11) is 0. The van der Waals surface area contributed by atoms with E-state index >= 15 is 0 Å². The van der Waals surface area contributed by atoms with Crippen molar-refractivity contribution in [3.05, 3.63) is 35.4 Å². The molecule has 0 aromatic heterocycles. The first kappa shape index (κ1) is 19.3. The first-order valence-corrected chi connectivity index (χ1v) is 8.94. The van der Waals surface area contributed by atoms with Crippen molar-refractivity contribution in [2.75, 3.05) is 13.1 Å². The molecule has 24 heavy (non-hydrogen) atoms. The molecule has 1 aromatic carbocycles. The number of piperidine rings is 1. The fraction of sp³-hybridized carbons (Fsp3) is 0.650. The van der Waals surface area contributed by atoms with Gasteiger partial charge in [0.15, 0.2) is 0 Å². The molecule has 2 fully saturated rings. The third kappa shape index (κ3) is 3.78. The molecule has 2 N–H and O–H groups in total. The maximum atomic E-state index is 12.8. The maximum absolute atomic E-state index is 12.8. The molecule has 1 aliphatic carbocycles. The van der Waals surface area contributed by atoms with Gasteiger partial charge in [0.1, 0.15) is 0 Å². The van der Waals surface area contributed by atoms with E-state index in [9.17, 15) is 4.79 Å². The Bertz CT molecular complexity index is 582. The predicted molar refractivity (Wildman–Crippen MR) is 102 cm³/mol. The normalized spacial score (nSPS) is 28.4. The molecule has 1 amide bonds. The van der Waals surface area contributed by atoms with Crippen LogP contribution in [0, 0.1) is 11.3 Å². The van der Waals surface area contributed by atoms with Gasteiger partial charge < -0.3 is 10.6 Å². The minimum Gasteiger partial charge on any atom is -0.342 e. The van der Waals surface area contributed by atoms with Gasteiger partial charge in [0, 0.05) is 25.0 Å². The summed E-state index contributed by atoms with van der Waals surface area (Å²) in [5.41, 5.74) is 8.90. The van der Waals surface area contributed by atoms with Crippen LogP contribution < -0.4 is 5.73 Å². The summed E-state index contributed by atoms with van der Waals surface area (Å²) in [6, 6.07) is 9.04. The first-order chi connectivity index (χ1) is 10.8. The van der Waals surface area contributed by atoms with Crippen molar-refractivity contribution in [2.24, 2.45) is 17.1 Å². The van der Waals surface area contributed by atoms with E-state index in [4.69, 9.17) is 5.73 Å². The first-order valence-electron chi connectivity index (χ1n) is 8.94. The number of amides is 1. The Morgan fingerprint density at radius 2 is 1.88 bits per heavy atom. The largest absolute Gasteiger partial charge is 0.342 e. The number of hydrogen-bond acceptors (Lipinski definition) is 2. The number of carbonyl (C=O) groups is 1. The fourth-order valence-corrected chi connectivity index (χ4v) is 3.76. The number of nitrogens with two attached hydrogens (primary N) is 1. The average Bonchev–Trinajstić information content (AvgIpc) is 3.30. The number of halogens is 1. The quantitative estimate of drug-likeness (QED) is 0.898. The van der Waals surface area contributed by atoms with Crippen LogP contribution in [-0.2, 0) is 4.79 Å². The minimum absolute atomic E-state index is 0. The Morgan fingerprint density at radius 1 is 1.25 bits per heavy atom. The molecular formula is C20H31ClN2O. The standard InChI is InChI=1S/C20H30N2O.ClH/c1-13(2)14-5-7-15(8-6-14)16-11-17(16)19(23)22-10-9-18(21)20(3,4)12-22;/h5-8,13,16-18H,9-12,21H2,1-4H3;1H. The Labute approximate surface area is 152 Å². The molecule has 1 saturated heterocycles. The fourth-order valence-electron chi connectivity index (χ4n) is 3.76. The summed E-state index contributed by atoms with van der Waals surface area (Å²) in [5.74, 6) is 1.50. The van der Waals surface area contributed by atoms with Crippen LogP contribution >= 0.6 is 12.4 Å². The van der Waals surface area contributed by atoms with E-state index in [1.165, 1.54) is 11.1 Å². The van der Waals surface area contributed by atoms with Crippen LogP contribution in [0.5, 0.6) is 0 Å². The van der Waals surface area contributed by atoms with Crippen molar-refractivity contribution in [2.45, 2.75) is 58.4 Å². The van der Waals surface area contributed by atoms with E-state index in [0.717, 1.165) is 25.9 Å². The second-order valence-corrected chi connectivity index (χ2v) is 8.41. The molecule has 3 atom stereocenters. The number of benzene rings is 1. The van der Waals surface area contributed by atoms with E-state index in [0.29, 0.717) is 17.7 Å². The number of hydrogen-bond donors (Lipinski definition) is 1. The van der Waals surface area contributed by atoms with Crippen molar-refractivity contribution in [3.63, 3.8) is 0 Å². The molecule has 0 radical (unpaired) electrons. The van der Waals surface area contributed by atoms with Gasteiger partial charge >= 0.3 is 0 Å². The van der Waals surface area contributed by atoms with Gasteiger partial charge in [0.05, 0.1) is 0 Å². The zero-order chi connectivity index (χ0) is 16.8. The van der Waals surface area contributed by atoms with Crippen molar-refractivity contribution < 1.29 is 4.79 Å². The smallest absolute Gasteiger partial charge is 0.226 e. The van der Waals surface area contributed by atoms with Gasteiger partial charge in [0.2, 0.25) is 5.91 Å². The molecule has 3 unspecified atom stereocenters.